The molecule has 7 nitrogen and oxygen atoms in total. The van der Waals surface area contributed by atoms with E-state index >= 15 is 0 Å². The van der Waals surface area contributed by atoms with E-state index in [1.54, 1.807) is 18.1 Å². The molecule has 4 aromatic rings. The third-order valence-corrected chi connectivity index (χ3v) is 8.59. The third kappa shape index (κ3) is 5.44. The number of rotatable bonds is 11. The second kappa shape index (κ2) is 12.1. The Balaban J connectivity index is 1.47. The molecule has 5 rings (SSSR count). The number of carboxylic acid groups (broad SMARTS) is 1. The molecule has 0 bridgehead atoms. The van der Waals surface area contributed by atoms with Gasteiger partial charge in [-0.2, -0.15) is 5.10 Å². The summed E-state index contributed by atoms with van der Waals surface area (Å²) in [5, 5.41) is 14.3. The molecule has 1 aromatic heterocycles. The summed E-state index contributed by atoms with van der Waals surface area (Å²) in [6, 6.07) is 31.0. The Morgan fingerprint density at radius 3 is 1.98 bits per heavy atom. The van der Waals surface area contributed by atoms with Gasteiger partial charge < -0.3 is 14.6 Å². The zero-order valence-corrected chi connectivity index (χ0v) is 23.1. The summed E-state index contributed by atoms with van der Waals surface area (Å²) >= 11 is 0. The quantitative estimate of drug-likeness (QED) is 0.242. The molecule has 1 aliphatic carbocycles. The second-order valence-electron chi connectivity index (χ2n) is 11.0. The van der Waals surface area contributed by atoms with Crippen molar-refractivity contribution in [3.05, 3.63) is 120 Å². The van der Waals surface area contributed by atoms with E-state index in [-0.39, 0.29) is 17.4 Å². The molecule has 40 heavy (non-hydrogen) atoms. The van der Waals surface area contributed by atoms with Gasteiger partial charge in [0.25, 0.3) is 0 Å². The number of aliphatic carboxylic acids is 1. The first-order valence-electron chi connectivity index (χ1n) is 13.9. The standard InChI is InChI=1S/C33H37N3O4/c1-32(19-18-28(31(37)38)29(30(32)39-2)22-36-24-34-23-35-36)20-21-40-33(25-12-6-3-7-13-25,26-14-8-4-9-15-26)27-16-10-5-11-17-27/h3-17,23-24,28-30H,18-22H2,1-2H3,(H,37,38)/t28-,29+,30-,32+/m1/s1. The predicted molar refractivity (Wildman–Crippen MR) is 153 cm³/mol. The van der Waals surface area contributed by atoms with E-state index in [1.807, 2.05) is 54.6 Å². The molecule has 7 heteroatoms. The topological polar surface area (TPSA) is 86.5 Å². The fraction of sp³-hybridized carbons (Fsp3) is 0.364. The van der Waals surface area contributed by atoms with Crippen molar-refractivity contribution in [2.75, 3.05) is 13.7 Å². The van der Waals surface area contributed by atoms with Gasteiger partial charge in [-0.05, 0) is 41.4 Å². The molecule has 0 unspecified atom stereocenters. The van der Waals surface area contributed by atoms with Crippen LogP contribution in [0.5, 0.6) is 0 Å². The third-order valence-electron chi connectivity index (χ3n) is 8.59. The van der Waals surface area contributed by atoms with Gasteiger partial charge in [0.05, 0.1) is 12.0 Å². The van der Waals surface area contributed by atoms with Gasteiger partial charge in [-0.15, -0.1) is 0 Å². The number of hydrogen-bond acceptors (Lipinski definition) is 5. The van der Waals surface area contributed by atoms with Gasteiger partial charge in [-0.25, -0.2) is 4.98 Å². The summed E-state index contributed by atoms with van der Waals surface area (Å²) < 4.78 is 14.9. The van der Waals surface area contributed by atoms with E-state index < -0.39 is 17.5 Å². The maximum absolute atomic E-state index is 12.3. The van der Waals surface area contributed by atoms with Gasteiger partial charge >= 0.3 is 5.97 Å². The minimum absolute atomic E-state index is 0.245. The van der Waals surface area contributed by atoms with E-state index in [2.05, 4.69) is 53.4 Å². The number of methoxy groups -OCH3 is 1. The Morgan fingerprint density at radius 1 is 0.975 bits per heavy atom. The average molecular weight is 540 g/mol. The van der Waals surface area contributed by atoms with E-state index in [4.69, 9.17) is 9.47 Å². The van der Waals surface area contributed by atoms with E-state index in [0.717, 1.165) is 23.1 Å². The summed E-state index contributed by atoms with van der Waals surface area (Å²) in [7, 11) is 1.69. The van der Waals surface area contributed by atoms with Gasteiger partial charge in [0, 0.05) is 26.2 Å². The normalized spacial score (nSPS) is 23.1. The molecule has 208 valence electrons. The number of aromatic nitrogens is 3. The molecular weight excluding hydrogens is 502 g/mol. The lowest BCUT2D eigenvalue weighted by Crippen LogP contribution is -2.51. The summed E-state index contributed by atoms with van der Waals surface area (Å²) in [6.45, 7) is 3.10. The van der Waals surface area contributed by atoms with Crippen LogP contribution in [0.1, 0.15) is 42.9 Å². The number of ether oxygens (including phenoxy) is 2. The lowest BCUT2D eigenvalue weighted by atomic mass is 9.62. The van der Waals surface area contributed by atoms with Crippen molar-refractivity contribution in [1.29, 1.82) is 0 Å². The van der Waals surface area contributed by atoms with Crippen molar-refractivity contribution in [1.82, 2.24) is 14.8 Å². The van der Waals surface area contributed by atoms with Crippen LogP contribution in [0.15, 0.2) is 104 Å². The molecular formula is C33H37N3O4. The second-order valence-corrected chi connectivity index (χ2v) is 11.0. The van der Waals surface area contributed by atoms with Crippen LogP contribution in [-0.4, -0.2) is 45.7 Å². The van der Waals surface area contributed by atoms with Crippen LogP contribution in [0.3, 0.4) is 0 Å². The van der Waals surface area contributed by atoms with Gasteiger partial charge in [0.1, 0.15) is 18.3 Å². The Labute approximate surface area is 235 Å². The molecule has 4 atom stereocenters. The van der Waals surface area contributed by atoms with E-state index in [9.17, 15) is 9.90 Å². The maximum Gasteiger partial charge on any atom is 0.306 e. The number of benzene rings is 3. The van der Waals surface area contributed by atoms with Crippen molar-refractivity contribution in [2.24, 2.45) is 17.3 Å². The first-order valence-corrected chi connectivity index (χ1v) is 13.9. The highest BCUT2D eigenvalue weighted by molar-refractivity contribution is 5.70. The molecule has 0 amide bonds. The fourth-order valence-corrected chi connectivity index (χ4v) is 6.57. The van der Waals surface area contributed by atoms with Crippen molar-refractivity contribution in [3.63, 3.8) is 0 Å². The van der Waals surface area contributed by atoms with Gasteiger partial charge in [0.2, 0.25) is 0 Å². The van der Waals surface area contributed by atoms with E-state index in [0.29, 0.717) is 26.0 Å². The SMILES string of the molecule is CO[C@@H]1[C@@H](Cn2cncn2)[C@H](C(=O)O)CC[C@@]1(C)CCOC(c1ccccc1)(c1ccccc1)c1ccccc1. The Bertz CT molecular complexity index is 1250. The minimum atomic E-state index is -0.804. The van der Waals surface area contributed by atoms with Crippen molar-refractivity contribution in [3.8, 4) is 0 Å². The highest BCUT2D eigenvalue weighted by Crippen LogP contribution is 2.48. The number of carboxylic acids is 1. The number of carbonyl (C=O) groups is 1. The Kier molecular flexibility index (Phi) is 8.43. The lowest BCUT2D eigenvalue weighted by Gasteiger charge is -2.48. The van der Waals surface area contributed by atoms with Crippen LogP contribution < -0.4 is 0 Å². The first kappa shape index (κ1) is 27.7. The maximum atomic E-state index is 12.3. The van der Waals surface area contributed by atoms with Crippen LogP contribution in [0.2, 0.25) is 0 Å². The molecule has 3 aromatic carbocycles. The number of hydrogen-bond donors (Lipinski definition) is 1. The van der Waals surface area contributed by atoms with Crippen LogP contribution >= 0.6 is 0 Å². The molecule has 1 fully saturated rings. The summed E-state index contributed by atoms with van der Waals surface area (Å²) in [4.78, 5) is 16.3. The van der Waals surface area contributed by atoms with Gasteiger partial charge in [0.15, 0.2) is 0 Å². The highest BCUT2D eigenvalue weighted by atomic mass is 16.5. The zero-order chi connectivity index (χ0) is 28.0. The van der Waals surface area contributed by atoms with Crippen LogP contribution in [0.25, 0.3) is 0 Å². The number of nitrogens with zero attached hydrogens (tertiary/aromatic N) is 3. The van der Waals surface area contributed by atoms with Crippen LogP contribution in [-0.2, 0) is 26.4 Å². The lowest BCUT2D eigenvalue weighted by molar-refractivity contribution is -0.159. The average Bonchev–Trinajstić information content (AvgIpc) is 3.50. The molecule has 0 spiro atoms. The van der Waals surface area contributed by atoms with Crippen molar-refractivity contribution in [2.45, 2.75) is 44.4 Å². The van der Waals surface area contributed by atoms with Crippen LogP contribution in [0.4, 0.5) is 0 Å². The van der Waals surface area contributed by atoms with Crippen molar-refractivity contribution < 1.29 is 19.4 Å². The Hall–Kier alpha value is -3.81. The van der Waals surface area contributed by atoms with Gasteiger partial charge in [-0.3, -0.25) is 9.48 Å². The first-order chi connectivity index (χ1) is 19.5. The Morgan fingerprint density at radius 2 is 1.52 bits per heavy atom. The van der Waals surface area contributed by atoms with E-state index in [1.165, 1.54) is 6.33 Å². The summed E-state index contributed by atoms with van der Waals surface area (Å²) in [5.74, 6) is -1.55. The fourth-order valence-electron chi connectivity index (χ4n) is 6.57. The smallest absolute Gasteiger partial charge is 0.306 e. The van der Waals surface area contributed by atoms with Crippen molar-refractivity contribution >= 4 is 5.97 Å². The molecule has 1 heterocycles. The van der Waals surface area contributed by atoms with Crippen LogP contribution in [0, 0.1) is 17.3 Å². The molecule has 0 aliphatic heterocycles. The summed E-state index contributed by atoms with van der Waals surface area (Å²) in [5.41, 5.74) is 2.07. The zero-order valence-electron chi connectivity index (χ0n) is 23.1. The largest absolute Gasteiger partial charge is 0.481 e. The molecule has 1 aliphatic rings. The van der Waals surface area contributed by atoms with Gasteiger partial charge in [-0.1, -0.05) is 97.9 Å². The summed E-state index contributed by atoms with van der Waals surface area (Å²) in [6.07, 6.45) is 4.84. The predicted octanol–water partition coefficient (Wildman–Crippen LogP) is 5.81. The monoisotopic (exact) mass is 539 g/mol. The minimum Gasteiger partial charge on any atom is -0.481 e. The highest BCUT2D eigenvalue weighted by Gasteiger charge is 2.49. The molecule has 0 radical (unpaired) electrons. The molecule has 1 N–H and O–H groups in total. The molecule has 1 saturated carbocycles. The molecule has 0 saturated heterocycles.